The average molecular weight is 435 g/mol. The number of rotatable bonds is 8. The molecule has 0 bridgehead atoms. The second kappa shape index (κ2) is 8.19. The normalized spacial score (nSPS) is 13.7. The Morgan fingerprint density at radius 2 is 1.90 bits per heavy atom. The first-order valence-corrected chi connectivity index (χ1v) is 11.0. The number of ketones is 1. The fraction of sp³-hybridized carbons (Fsp3) is 0.292. The lowest BCUT2D eigenvalue weighted by atomic mass is 10.1. The van der Waals surface area contributed by atoms with Gasteiger partial charge in [0, 0.05) is 40.1 Å². The largest absolute Gasteiger partial charge is 0.361 e. The van der Waals surface area contributed by atoms with Crippen LogP contribution in [0.3, 0.4) is 0 Å². The molecular weight excluding hydrogens is 412 g/mol. The summed E-state index contributed by atoms with van der Waals surface area (Å²) in [6, 6.07) is 15.6. The summed E-state index contributed by atoms with van der Waals surface area (Å²) in [6.07, 6.45) is 5.91. The number of halogens is 1. The fourth-order valence-corrected chi connectivity index (χ4v) is 4.17. The number of hydrogen-bond acceptors (Lipinski definition) is 3. The Balaban J connectivity index is 1.28. The zero-order valence-corrected chi connectivity index (χ0v) is 17.8. The summed E-state index contributed by atoms with van der Waals surface area (Å²) in [7, 11) is 0. The van der Waals surface area contributed by atoms with Gasteiger partial charge in [-0.2, -0.15) is 0 Å². The van der Waals surface area contributed by atoms with E-state index >= 15 is 0 Å². The Hall–Kier alpha value is -3.12. The molecule has 1 fully saturated rings. The molecule has 0 radical (unpaired) electrons. The van der Waals surface area contributed by atoms with Crippen LogP contribution in [0.1, 0.15) is 37.3 Å². The number of fused-ring (bicyclic) bond motifs is 1. The van der Waals surface area contributed by atoms with E-state index in [1.807, 2.05) is 36.5 Å². The molecule has 0 unspecified atom stereocenters. The lowest BCUT2D eigenvalue weighted by Crippen LogP contribution is -2.27. The van der Waals surface area contributed by atoms with Crippen LogP contribution in [0.15, 0.2) is 59.5 Å². The highest BCUT2D eigenvalue weighted by molar-refractivity contribution is 6.30. The minimum Gasteiger partial charge on any atom is -0.361 e. The third-order valence-corrected chi connectivity index (χ3v) is 6.04. The molecule has 0 spiro atoms. The highest BCUT2D eigenvalue weighted by Gasteiger charge is 2.30. The molecule has 0 amide bonds. The van der Waals surface area contributed by atoms with Gasteiger partial charge in [-0.25, -0.2) is 9.48 Å². The fourth-order valence-electron chi connectivity index (χ4n) is 4.04. The molecule has 6 nitrogen and oxygen atoms in total. The minimum atomic E-state index is -0.211. The van der Waals surface area contributed by atoms with Crippen LogP contribution >= 0.6 is 11.6 Å². The number of H-pyrrole nitrogens is 1. The monoisotopic (exact) mass is 434 g/mol. The maximum Gasteiger partial charge on any atom is 0.346 e. The molecule has 0 saturated heterocycles. The lowest BCUT2D eigenvalue weighted by Gasteiger charge is -2.03. The molecule has 7 heteroatoms. The molecule has 0 aliphatic heterocycles. The first kappa shape index (κ1) is 19.8. The number of nitrogens with one attached hydrogen (secondary N) is 1. The summed E-state index contributed by atoms with van der Waals surface area (Å²) in [6.45, 7) is 0.00697. The van der Waals surface area contributed by atoms with Crippen LogP contribution in [0.25, 0.3) is 22.3 Å². The van der Waals surface area contributed by atoms with Crippen molar-refractivity contribution in [2.75, 3.05) is 0 Å². The van der Waals surface area contributed by atoms with Gasteiger partial charge in [0.1, 0.15) is 6.54 Å². The Morgan fingerprint density at radius 3 is 2.68 bits per heavy atom. The van der Waals surface area contributed by atoms with Crippen molar-refractivity contribution in [2.45, 2.75) is 44.7 Å². The van der Waals surface area contributed by atoms with E-state index in [2.05, 4.69) is 16.1 Å². The van der Waals surface area contributed by atoms with Gasteiger partial charge in [-0.3, -0.25) is 9.36 Å². The number of aromatic amines is 1. The second-order valence-electron chi connectivity index (χ2n) is 8.12. The molecule has 158 valence electrons. The zero-order valence-electron chi connectivity index (χ0n) is 17.1. The molecule has 1 aliphatic rings. The highest BCUT2D eigenvalue weighted by atomic mass is 35.5. The first-order valence-electron chi connectivity index (χ1n) is 10.6. The number of carbonyl (C=O) groups is 1. The van der Waals surface area contributed by atoms with E-state index in [0.717, 1.165) is 36.8 Å². The molecule has 2 heterocycles. The van der Waals surface area contributed by atoms with Gasteiger partial charge in [0.25, 0.3) is 0 Å². The third kappa shape index (κ3) is 4.08. The Morgan fingerprint density at radius 1 is 1.13 bits per heavy atom. The second-order valence-corrected chi connectivity index (χ2v) is 8.56. The van der Waals surface area contributed by atoms with Gasteiger partial charge >= 0.3 is 5.69 Å². The van der Waals surface area contributed by atoms with E-state index in [9.17, 15) is 9.59 Å². The molecule has 2 aromatic heterocycles. The van der Waals surface area contributed by atoms with Crippen molar-refractivity contribution in [1.29, 1.82) is 0 Å². The number of benzene rings is 2. The van der Waals surface area contributed by atoms with Gasteiger partial charge in [0.05, 0.1) is 0 Å². The molecule has 31 heavy (non-hydrogen) atoms. The van der Waals surface area contributed by atoms with E-state index in [4.69, 9.17) is 11.6 Å². The van der Waals surface area contributed by atoms with Crippen molar-refractivity contribution in [3.63, 3.8) is 0 Å². The van der Waals surface area contributed by atoms with Crippen LogP contribution in [0.2, 0.25) is 5.02 Å². The maximum atomic E-state index is 12.9. The van der Waals surface area contributed by atoms with Crippen LogP contribution < -0.4 is 5.69 Å². The van der Waals surface area contributed by atoms with Crippen LogP contribution in [0.5, 0.6) is 0 Å². The molecule has 0 atom stereocenters. The van der Waals surface area contributed by atoms with Gasteiger partial charge < -0.3 is 4.98 Å². The average Bonchev–Trinajstić information content (AvgIpc) is 3.45. The van der Waals surface area contributed by atoms with E-state index in [1.54, 1.807) is 16.7 Å². The van der Waals surface area contributed by atoms with Gasteiger partial charge in [-0.05, 0) is 61.6 Å². The SMILES string of the molecule is O=C(CCCc1c[nH]c2ccccc12)Cn1nc(-c2ccc(Cl)cc2)n(C2CC2)c1=O. The van der Waals surface area contributed by atoms with E-state index in [-0.39, 0.29) is 24.1 Å². The summed E-state index contributed by atoms with van der Waals surface area (Å²) in [4.78, 5) is 28.8. The smallest absolute Gasteiger partial charge is 0.346 e. The van der Waals surface area contributed by atoms with Gasteiger partial charge in [0.2, 0.25) is 0 Å². The number of aryl methyl sites for hydroxylation is 1. The summed E-state index contributed by atoms with van der Waals surface area (Å²) in [5, 5.41) is 6.34. The Labute approximate surface area is 184 Å². The van der Waals surface area contributed by atoms with E-state index in [1.165, 1.54) is 15.6 Å². The molecule has 1 N–H and O–H groups in total. The van der Waals surface area contributed by atoms with Gasteiger partial charge in [0.15, 0.2) is 11.6 Å². The molecule has 1 aliphatic carbocycles. The predicted octanol–water partition coefficient (Wildman–Crippen LogP) is 4.77. The number of Topliss-reactive ketones (excluding diaryl/α,β-unsaturated/α-hetero) is 1. The third-order valence-electron chi connectivity index (χ3n) is 5.79. The number of nitrogens with zero attached hydrogens (tertiary/aromatic N) is 3. The van der Waals surface area contributed by atoms with Gasteiger partial charge in [-0.1, -0.05) is 29.8 Å². The molecule has 2 aromatic carbocycles. The summed E-state index contributed by atoms with van der Waals surface area (Å²) in [5.74, 6) is 0.626. The van der Waals surface area contributed by atoms with Crippen molar-refractivity contribution in [3.8, 4) is 11.4 Å². The summed E-state index contributed by atoms with van der Waals surface area (Å²) in [5.41, 5.74) is 2.94. The van der Waals surface area contributed by atoms with Crippen molar-refractivity contribution >= 4 is 28.3 Å². The van der Waals surface area contributed by atoms with E-state index in [0.29, 0.717) is 17.3 Å². The van der Waals surface area contributed by atoms with Crippen LogP contribution in [0.4, 0.5) is 0 Å². The maximum absolute atomic E-state index is 12.9. The predicted molar refractivity (Wildman–Crippen MR) is 121 cm³/mol. The van der Waals surface area contributed by atoms with E-state index < -0.39 is 0 Å². The topological polar surface area (TPSA) is 72.7 Å². The number of aromatic nitrogens is 4. The van der Waals surface area contributed by atoms with Gasteiger partial charge in [-0.15, -0.1) is 5.10 Å². The quantitative estimate of drug-likeness (QED) is 0.434. The van der Waals surface area contributed by atoms with Crippen molar-refractivity contribution < 1.29 is 4.79 Å². The number of para-hydroxylation sites is 1. The van der Waals surface area contributed by atoms with Crippen molar-refractivity contribution in [3.05, 3.63) is 75.8 Å². The van der Waals surface area contributed by atoms with Crippen molar-refractivity contribution in [2.24, 2.45) is 0 Å². The molecule has 4 aromatic rings. The molecule has 1 saturated carbocycles. The first-order chi connectivity index (χ1) is 15.1. The zero-order chi connectivity index (χ0) is 21.4. The Bertz CT molecular complexity index is 1300. The summed E-state index contributed by atoms with van der Waals surface area (Å²) < 4.78 is 3.04. The molecule has 5 rings (SSSR count). The standard InChI is InChI=1S/C24H23ClN4O2/c25-18-10-8-16(9-11-18)23-27-28(24(31)29(23)19-12-13-19)15-20(30)5-3-4-17-14-26-22-7-2-1-6-21(17)22/h1-2,6-11,14,19,26H,3-5,12-13,15H2. The van der Waals surface area contributed by atoms with Crippen molar-refractivity contribution in [1.82, 2.24) is 19.3 Å². The highest BCUT2D eigenvalue weighted by Crippen LogP contribution is 2.36. The van der Waals surface area contributed by atoms with Crippen LogP contribution in [-0.4, -0.2) is 25.1 Å². The minimum absolute atomic E-state index is 0.00697. The van der Waals surface area contributed by atoms with Crippen LogP contribution in [-0.2, 0) is 17.8 Å². The van der Waals surface area contributed by atoms with Crippen LogP contribution in [0, 0.1) is 0 Å². The molecular formula is C24H23ClN4O2. The number of hydrogen-bond donors (Lipinski definition) is 1. The number of carbonyl (C=O) groups excluding carboxylic acids is 1. The Kier molecular flexibility index (Phi) is 5.24. The lowest BCUT2D eigenvalue weighted by molar-refractivity contribution is -0.119. The summed E-state index contributed by atoms with van der Waals surface area (Å²) >= 11 is 6.00.